The number of carboxylic acids is 1. The highest BCUT2D eigenvalue weighted by molar-refractivity contribution is 5.94. The number of methoxy groups -OCH3 is 1. The molecule has 0 aromatic heterocycles. The van der Waals surface area contributed by atoms with E-state index in [2.05, 4.69) is 0 Å². The lowest BCUT2D eigenvalue weighted by Crippen LogP contribution is -2.37. The van der Waals surface area contributed by atoms with Crippen LogP contribution in [0.2, 0.25) is 0 Å². The van der Waals surface area contributed by atoms with Crippen molar-refractivity contribution in [1.82, 2.24) is 0 Å². The molecule has 0 bridgehead atoms. The molecule has 6 heteroatoms. The third kappa shape index (κ3) is 4.99. The summed E-state index contributed by atoms with van der Waals surface area (Å²) < 4.78 is 5.09. The Bertz CT molecular complexity index is 432. The number of amides is 1. The van der Waals surface area contributed by atoms with Gasteiger partial charge < -0.3 is 20.5 Å². The van der Waals surface area contributed by atoms with Gasteiger partial charge in [-0.15, -0.1) is 0 Å². The van der Waals surface area contributed by atoms with Crippen LogP contribution in [-0.4, -0.2) is 43.3 Å². The fourth-order valence-corrected chi connectivity index (χ4v) is 1.78. The van der Waals surface area contributed by atoms with Crippen molar-refractivity contribution in [2.45, 2.75) is 18.9 Å². The summed E-state index contributed by atoms with van der Waals surface area (Å²) in [5.41, 5.74) is 6.17. The molecule has 0 heterocycles. The zero-order valence-electron chi connectivity index (χ0n) is 11.5. The zero-order valence-corrected chi connectivity index (χ0v) is 11.5. The van der Waals surface area contributed by atoms with E-state index in [1.165, 1.54) is 12.0 Å². The second-order valence-corrected chi connectivity index (χ2v) is 4.32. The fourth-order valence-electron chi connectivity index (χ4n) is 1.78. The van der Waals surface area contributed by atoms with Crippen LogP contribution in [-0.2, 0) is 14.3 Å². The largest absolute Gasteiger partial charge is 0.481 e. The number of benzene rings is 1. The van der Waals surface area contributed by atoms with Gasteiger partial charge in [-0.25, -0.2) is 0 Å². The van der Waals surface area contributed by atoms with Gasteiger partial charge in [-0.05, 0) is 12.1 Å². The van der Waals surface area contributed by atoms with Crippen LogP contribution < -0.4 is 10.6 Å². The van der Waals surface area contributed by atoms with Gasteiger partial charge in [-0.1, -0.05) is 18.2 Å². The van der Waals surface area contributed by atoms with Crippen LogP contribution in [0.15, 0.2) is 30.3 Å². The monoisotopic (exact) mass is 280 g/mol. The smallest absolute Gasteiger partial charge is 0.305 e. The Morgan fingerprint density at radius 3 is 2.50 bits per heavy atom. The minimum absolute atomic E-state index is 0.110. The van der Waals surface area contributed by atoms with Gasteiger partial charge in [-0.3, -0.25) is 9.59 Å². The number of rotatable bonds is 8. The molecule has 1 atom stereocenters. The number of hydrogen-bond donors (Lipinski definition) is 2. The summed E-state index contributed by atoms with van der Waals surface area (Å²) in [7, 11) is 1.49. The molecule has 0 radical (unpaired) electrons. The lowest BCUT2D eigenvalue weighted by Gasteiger charge is -2.24. The summed E-state index contributed by atoms with van der Waals surface area (Å²) in [6, 6.07) is 8.97. The highest BCUT2D eigenvalue weighted by atomic mass is 16.5. The predicted octanol–water partition coefficient (Wildman–Crippen LogP) is 0.858. The Kier molecular flexibility index (Phi) is 6.69. The molecule has 1 unspecified atom stereocenters. The van der Waals surface area contributed by atoms with Crippen LogP contribution in [0.4, 0.5) is 5.69 Å². The predicted molar refractivity (Wildman–Crippen MR) is 75.5 cm³/mol. The number of carbonyl (C=O) groups excluding carboxylic acids is 1. The van der Waals surface area contributed by atoms with E-state index in [1.54, 1.807) is 24.3 Å². The van der Waals surface area contributed by atoms with Crippen LogP contribution in [0.3, 0.4) is 0 Å². The zero-order chi connectivity index (χ0) is 15.0. The Balaban J connectivity index is 2.81. The quantitative estimate of drug-likeness (QED) is 0.736. The summed E-state index contributed by atoms with van der Waals surface area (Å²) in [4.78, 5) is 24.4. The van der Waals surface area contributed by atoms with Crippen molar-refractivity contribution in [1.29, 1.82) is 0 Å². The van der Waals surface area contributed by atoms with Gasteiger partial charge in [0.15, 0.2) is 0 Å². The lowest BCUT2D eigenvalue weighted by atomic mass is 10.2. The molecule has 0 fully saturated rings. The highest BCUT2D eigenvalue weighted by Gasteiger charge is 2.20. The standard InChI is InChI=1S/C14H20N2O4/c1-20-12(10-15)9-13(17)16(8-7-14(18)19)11-5-3-2-4-6-11/h2-6,12H,7-10,15H2,1H3,(H,18,19). The molecule has 0 saturated heterocycles. The lowest BCUT2D eigenvalue weighted by molar-refractivity contribution is -0.136. The molecule has 0 saturated carbocycles. The van der Waals surface area contributed by atoms with E-state index in [4.69, 9.17) is 15.6 Å². The molecule has 0 spiro atoms. The number of ether oxygens (including phenoxy) is 1. The van der Waals surface area contributed by atoms with E-state index < -0.39 is 5.97 Å². The summed E-state index contributed by atoms with van der Waals surface area (Å²) in [5.74, 6) is -1.14. The van der Waals surface area contributed by atoms with E-state index >= 15 is 0 Å². The van der Waals surface area contributed by atoms with E-state index in [1.807, 2.05) is 6.07 Å². The maximum Gasteiger partial charge on any atom is 0.305 e. The van der Waals surface area contributed by atoms with Crippen molar-refractivity contribution in [3.05, 3.63) is 30.3 Å². The first kappa shape index (κ1) is 16.1. The number of hydrogen-bond acceptors (Lipinski definition) is 4. The third-order valence-corrected chi connectivity index (χ3v) is 2.92. The average molecular weight is 280 g/mol. The SMILES string of the molecule is COC(CN)CC(=O)N(CCC(=O)O)c1ccccc1. The van der Waals surface area contributed by atoms with Gasteiger partial charge in [-0.2, -0.15) is 0 Å². The number of aliphatic carboxylic acids is 1. The Hall–Kier alpha value is -1.92. The molecule has 0 aliphatic heterocycles. The van der Waals surface area contributed by atoms with Crippen LogP contribution >= 0.6 is 0 Å². The summed E-state index contributed by atoms with van der Waals surface area (Å²) in [5, 5.41) is 8.78. The van der Waals surface area contributed by atoms with Crippen molar-refractivity contribution in [3.8, 4) is 0 Å². The number of carboxylic acid groups (broad SMARTS) is 1. The Labute approximate surface area is 118 Å². The first-order valence-corrected chi connectivity index (χ1v) is 6.38. The maximum atomic E-state index is 12.3. The molecule has 0 aliphatic rings. The van der Waals surface area contributed by atoms with Crippen molar-refractivity contribution in [2.24, 2.45) is 5.73 Å². The third-order valence-electron chi connectivity index (χ3n) is 2.92. The number of nitrogens with zero attached hydrogens (tertiary/aromatic N) is 1. The molecule has 3 N–H and O–H groups in total. The number of para-hydroxylation sites is 1. The average Bonchev–Trinajstić information content (AvgIpc) is 2.45. The molecule has 1 rings (SSSR count). The van der Waals surface area contributed by atoms with E-state index in [9.17, 15) is 9.59 Å². The molecular formula is C14H20N2O4. The molecule has 110 valence electrons. The second kappa shape index (κ2) is 8.29. The summed E-state index contributed by atoms with van der Waals surface area (Å²) >= 11 is 0. The van der Waals surface area contributed by atoms with E-state index in [0.717, 1.165) is 0 Å². The van der Waals surface area contributed by atoms with Crippen LogP contribution in [0, 0.1) is 0 Å². The maximum absolute atomic E-state index is 12.3. The molecule has 1 amide bonds. The topological polar surface area (TPSA) is 92.9 Å². The molecule has 0 aliphatic carbocycles. The molecule has 20 heavy (non-hydrogen) atoms. The minimum atomic E-state index is -0.944. The Morgan fingerprint density at radius 2 is 2.00 bits per heavy atom. The van der Waals surface area contributed by atoms with Crippen molar-refractivity contribution >= 4 is 17.6 Å². The summed E-state index contributed by atoms with van der Waals surface area (Å²) in [6.07, 6.45) is -0.346. The first-order chi connectivity index (χ1) is 9.58. The highest BCUT2D eigenvalue weighted by Crippen LogP contribution is 2.16. The van der Waals surface area contributed by atoms with Crippen LogP contribution in [0.5, 0.6) is 0 Å². The van der Waals surface area contributed by atoms with Crippen molar-refractivity contribution < 1.29 is 19.4 Å². The first-order valence-electron chi connectivity index (χ1n) is 6.38. The Morgan fingerprint density at radius 1 is 1.35 bits per heavy atom. The van der Waals surface area contributed by atoms with Crippen molar-refractivity contribution in [2.75, 3.05) is 25.1 Å². The van der Waals surface area contributed by atoms with Gasteiger partial charge >= 0.3 is 5.97 Å². The van der Waals surface area contributed by atoms with Gasteiger partial charge in [0.1, 0.15) is 0 Å². The van der Waals surface area contributed by atoms with Gasteiger partial charge in [0.25, 0.3) is 0 Å². The minimum Gasteiger partial charge on any atom is -0.481 e. The van der Waals surface area contributed by atoms with Crippen LogP contribution in [0.25, 0.3) is 0 Å². The number of carbonyl (C=O) groups is 2. The van der Waals surface area contributed by atoms with Crippen LogP contribution in [0.1, 0.15) is 12.8 Å². The number of anilines is 1. The van der Waals surface area contributed by atoms with E-state index in [0.29, 0.717) is 5.69 Å². The number of nitrogens with two attached hydrogens (primary N) is 1. The van der Waals surface area contributed by atoms with Crippen molar-refractivity contribution in [3.63, 3.8) is 0 Å². The summed E-state index contributed by atoms with van der Waals surface area (Å²) in [6.45, 7) is 0.364. The van der Waals surface area contributed by atoms with Gasteiger partial charge in [0.2, 0.25) is 5.91 Å². The second-order valence-electron chi connectivity index (χ2n) is 4.32. The van der Waals surface area contributed by atoms with Gasteiger partial charge in [0, 0.05) is 25.9 Å². The van der Waals surface area contributed by atoms with Gasteiger partial charge in [0.05, 0.1) is 18.9 Å². The fraction of sp³-hybridized carbons (Fsp3) is 0.429. The van der Waals surface area contributed by atoms with E-state index in [-0.39, 0.29) is 37.9 Å². The molecule has 6 nitrogen and oxygen atoms in total. The molecule has 1 aromatic rings. The molecule has 1 aromatic carbocycles. The molecular weight excluding hydrogens is 260 g/mol. The normalized spacial score (nSPS) is 11.9.